The van der Waals surface area contributed by atoms with Gasteiger partial charge in [-0.25, -0.2) is 4.98 Å². The maximum atomic E-state index is 5.33. The van der Waals surface area contributed by atoms with Crippen molar-refractivity contribution in [2.75, 3.05) is 38.1 Å². The molecule has 1 aromatic heterocycles. The minimum atomic E-state index is 0.814. The Kier molecular flexibility index (Phi) is 2.53. The summed E-state index contributed by atoms with van der Waals surface area (Å²) >= 11 is 0. The molecule has 17 heavy (non-hydrogen) atoms. The molecule has 0 spiro atoms. The molecule has 2 aliphatic heterocycles. The van der Waals surface area contributed by atoms with E-state index in [0.29, 0.717) is 0 Å². The highest BCUT2D eigenvalue weighted by molar-refractivity contribution is 5.44. The van der Waals surface area contributed by atoms with Crippen LogP contribution in [0, 0.1) is 24.2 Å². The van der Waals surface area contributed by atoms with Crippen molar-refractivity contribution in [3.05, 3.63) is 23.9 Å². The largest absolute Gasteiger partial charge is 0.356 e. The molecule has 0 amide bonds. The van der Waals surface area contributed by atoms with Gasteiger partial charge in [-0.1, -0.05) is 5.92 Å². The van der Waals surface area contributed by atoms with E-state index in [2.05, 4.69) is 27.8 Å². The third-order valence-electron chi connectivity index (χ3n) is 3.91. The molecule has 2 fully saturated rings. The van der Waals surface area contributed by atoms with Crippen LogP contribution >= 0.6 is 0 Å². The zero-order valence-corrected chi connectivity index (χ0v) is 10.1. The zero-order valence-electron chi connectivity index (χ0n) is 10.1. The van der Waals surface area contributed by atoms with Gasteiger partial charge in [-0.3, -0.25) is 0 Å². The van der Waals surface area contributed by atoms with Gasteiger partial charge in [0.05, 0.1) is 0 Å². The van der Waals surface area contributed by atoms with Gasteiger partial charge in [0.1, 0.15) is 5.82 Å². The molecular formula is C14H17N3. The van der Waals surface area contributed by atoms with Crippen LogP contribution in [-0.4, -0.2) is 43.1 Å². The molecule has 3 nitrogen and oxygen atoms in total. The van der Waals surface area contributed by atoms with Crippen LogP contribution in [-0.2, 0) is 0 Å². The Bertz CT molecular complexity index is 432. The fourth-order valence-corrected chi connectivity index (χ4v) is 3.07. The number of pyridine rings is 1. The van der Waals surface area contributed by atoms with E-state index in [4.69, 9.17) is 6.42 Å². The maximum absolute atomic E-state index is 5.33. The standard InChI is InChI=1S/C14H17N3/c1-3-11-4-5-14(15-6-11)17-9-12-7-16(2)8-13(12)10-17/h1,4-6,12-13H,7-10H2,2H3. The number of anilines is 1. The summed E-state index contributed by atoms with van der Waals surface area (Å²) in [7, 11) is 2.21. The smallest absolute Gasteiger partial charge is 0.128 e. The minimum Gasteiger partial charge on any atom is -0.356 e. The number of likely N-dealkylation sites (tertiary alicyclic amines) is 1. The first-order chi connectivity index (χ1) is 8.26. The van der Waals surface area contributed by atoms with Crippen molar-refractivity contribution in [2.45, 2.75) is 0 Å². The fraction of sp³-hybridized carbons (Fsp3) is 0.500. The van der Waals surface area contributed by atoms with Crippen LogP contribution in [0.2, 0.25) is 0 Å². The molecule has 3 rings (SSSR count). The van der Waals surface area contributed by atoms with E-state index < -0.39 is 0 Å². The van der Waals surface area contributed by atoms with Gasteiger partial charge >= 0.3 is 0 Å². The quantitative estimate of drug-likeness (QED) is 0.669. The molecule has 0 aromatic carbocycles. The van der Waals surface area contributed by atoms with Gasteiger partial charge in [0.15, 0.2) is 0 Å². The Labute approximate surface area is 102 Å². The van der Waals surface area contributed by atoms with Crippen LogP contribution in [0.5, 0.6) is 0 Å². The lowest BCUT2D eigenvalue weighted by Crippen LogP contribution is -2.27. The molecule has 3 heteroatoms. The number of fused-ring (bicyclic) bond motifs is 1. The lowest BCUT2D eigenvalue weighted by Gasteiger charge is -2.20. The van der Waals surface area contributed by atoms with Gasteiger partial charge in [-0.2, -0.15) is 0 Å². The Hall–Kier alpha value is -1.53. The number of hydrogen-bond donors (Lipinski definition) is 0. The average molecular weight is 227 g/mol. The van der Waals surface area contributed by atoms with Crippen molar-refractivity contribution in [1.82, 2.24) is 9.88 Å². The molecule has 2 unspecified atom stereocenters. The van der Waals surface area contributed by atoms with Crippen LogP contribution in [0.25, 0.3) is 0 Å². The summed E-state index contributed by atoms with van der Waals surface area (Å²) in [5.74, 6) is 5.30. The summed E-state index contributed by atoms with van der Waals surface area (Å²) in [6.45, 7) is 4.72. The second kappa shape index (κ2) is 4.05. The molecule has 0 saturated carbocycles. The highest BCUT2D eigenvalue weighted by atomic mass is 15.3. The topological polar surface area (TPSA) is 19.4 Å². The SMILES string of the molecule is C#Cc1ccc(N2CC3CN(C)CC3C2)nc1. The fourth-order valence-electron chi connectivity index (χ4n) is 3.07. The Balaban J connectivity index is 1.73. The number of terminal acetylenes is 1. The second-order valence-electron chi connectivity index (χ2n) is 5.20. The summed E-state index contributed by atoms with van der Waals surface area (Å²) in [5, 5.41) is 0. The molecule has 2 saturated heterocycles. The molecule has 0 radical (unpaired) electrons. The van der Waals surface area contributed by atoms with E-state index in [-0.39, 0.29) is 0 Å². The van der Waals surface area contributed by atoms with Crippen LogP contribution in [0.1, 0.15) is 5.56 Å². The normalized spacial score (nSPS) is 28.1. The van der Waals surface area contributed by atoms with Crippen LogP contribution < -0.4 is 4.90 Å². The Morgan fingerprint density at radius 3 is 2.47 bits per heavy atom. The average Bonchev–Trinajstić information content (AvgIpc) is 2.86. The predicted octanol–water partition coefficient (Wildman–Crippen LogP) is 1.06. The van der Waals surface area contributed by atoms with Crippen LogP contribution in [0.4, 0.5) is 5.82 Å². The first-order valence-corrected chi connectivity index (χ1v) is 6.12. The molecule has 88 valence electrons. The molecular weight excluding hydrogens is 210 g/mol. The van der Waals surface area contributed by atoms with Crippen molar-refractivity contribution >= 4 is 5.82 Å². The first-order valence-electron chi connectivity index (χ1n) is 6.12. The van der Waals surface area contributed by atoms with Gasteiger partial charge < -0.3 is 9.80 Å². The number of nitrogens with zero attached hydrogens (tertiary/aromatic N) is 3. The van der Waals surface area contributed by atoms with E-state index in [0.717, 1.165) is 36.3 Å². The molecule has 1 aromatic rings. The molecule has 0 bridgehead atoms. The number of hydrogen-bond acceptors (Lipinski definition) is 3. The van der Waals surface area contributed by atoms with Crippen molar-refractivity contribution < 1.29 is 0 Å². The molecule has 2 aliphatic rings. The van der Waals surface area contributed by atoms with Crippen molar-refractivity contribution in [2.24, 2.45) is 11.8 Å². The third-order valence-corrected chi connectivity index (χ3v) is 3.91. The van der Waals surface area contributed by atoms with Gasteiger partial charge in [-0.05, 0) is 31.0 Å². The van der Waals surface area contributed by atoms with Crippen LogP contribution in [0.15, 0.2) is 18.3 Å². The van der Waals surface area contributed by atoms with Crippen LogP contribution in [0.3, 0.4) is 0 Å². The lowest BCUT2D eigenvalue weighted by atomic mass is 10.0. The van der Waals surface area contributed by atoms with Gasteiger partial charge in [0.2, 0.25) is 0 Å². The monoisotopic (exact) mass is 227 g/mol. The minimum absolute atomic E-state index is 0.814. The highest BCUT2D eigenvalue weighted by Gasteiger charge is 2.38. The molecule has 0 aliphatic carbocycles. The van der Waals surface area contributed by atoms with Crippen molar-refractivity contribution in [1.29, 1.82) is 0 Å². The van der Waals surface area contributed by atoms with Gasteiger partial charge in [0.25, 0.3) is 0 Å². The molecule has 2 atom stereocenters. The van der Waals surface area contributed by atoms with Gasteiger partial charge in [0, 0.05) is 37.9 Å². The van der Waals surface area contributed by atoms with Crippen molar-refractivity contribution in [3.63, 3.8) is 0 Å². The summed E-state index contributed by atoms with van der Waals surface area (Å²) in [5.41, 5.74) is 0.855. The van der Waals surface area contributed by atoms with E-state index in [1.807, 2.05) is 12.1 Å². The molecule has 3 heterocycles. The third kappa shape index (κ3) is 1.89. The number of aromatic nitrogens is 1. The lowest BCUT2D eigenvalue weighted by molar-refractivity contribution is 0.387. The Morgan fingerprint density at radius 2 is 1.94 bits per heavy atom. The van der Waals surface area contributed by atoms with E-state index in [1.165, 1.54) is 13.1 Å². The Morgan fingerprint density at radius 1 is 1.24 bits per heavy atom. The second-order valence-corrected chi connectivity index (χ2v) is 5.20. The summed E-state index contributed by atoms with van der Waals surface area (Å²) in [4.78, 5) is 9.27. The first kappa shape index (κ1) is 10.6. The summed E-state index contributed by atoms with van der Waals surface area (Å²) in [6, 6.07) is 4.02. The van der Waals surface area contributed by atoms with E-state index in [9.17, 15) is 0 Å². The van der Waals surface area contributed by atoms with E-state index >= 15 is 0 Å². The summed E-state index contributed by atoms with van der Waals surface area (Å²) in [6.07, 6.45) is 7.12. The molecule has 0 N–H and O–H groups in total. The van der Waals surface area contributed by atoms with Crippen molar-refractivity contribution in [3.8, 4) is 12.3 Å². The zero-order chi connectivity index (χ0) is 11.8. The summed E-state index contributed by atoms with van der Waals surface area (Å²) < 4.78 is 0. The maximum Gasteiger partial charge on any atom is 0.128 e. The van der Waals surface area contributed by atoms with Gasteiger partial charge in [-0.15, -0.1) is 6.42 Å². The van der Waals surface area contributed by atoms with E-state index in [1.54, 1.807) is 6.20 Å². The number of rotatable bonds is 1. The highest BCUT2D eigenvalue weighted by Crippen LogP contribution is 2.32. The predicted molar refractivity (Wildman–Crippen MR) is 68.9 cm³/mol.